The summed E-state index contributed by atoms with van der Waals surface area (Å²) >= 11 is 0. The van der Waals surface area contributed by atoms with Crippen LogP contribution in [0.15, 0.2) is 0 Å². The molecule has 0 spiro atoms. The van der Waals surface area contributed by atoms with E-state index in [1.54, 1.807) is 0 Å². The molecule has 0 saturated heterocycles. The van der Waals surface area contributed by atoms with E-state index in [2.05, 4.69) is 20.8 Å². The van der Waals surface area contributed by atoms with E-state index in [4.69, 9.17) is 5.11 Å². The van der Waals surface area contributed by atoms with Crippen LogP contribution in [0, 0.1) is 17.3 Å². The second kappa shape index (κ2) is 3.29. The Morgan fingerprint density at radius 2 is 1.85 bits per heavy atom. The minimum atomic E-state index is -0.862. The summed E-state index contributed by atoms with van der Waals surface area (Å²) in [5, 5.41) is 18.3. The van der Waals surface area contributed by atoms with Crippen LogP contribution in [0.3, 0.4) is 0 Å². The largest absolute Gasteiger partial charge is 0.481 e. The monoisotopic (exact) mass is 186 g/mol. The Labute approximate surface area is 78.8 Å². The number of carboxylic acid groups (broad SMARTS) is 1. The molecule has 0 bridgehead atoms. The molecule has 0 aromatic carbocycles. The molecule has 1 fully saturated rings. The number of carbonyl (C=O) groups is 1. The van der Waals surface area contributed by atoms with Crippen molar-refractivity contribution in [3.05, 3.63) is 0 Å². The molecule has 0 radical (unpaired) electrons. The Morgan fingerprint density at radius 1 is 1.31 bits per heavy atom. The summed E-state index contributed by atoms with van der Waals surface area (Å²) in [5.74, 6) is -1.09. The van der Waals surface area contributed by atoms with Crippen LogP contribution >= 0.6 is 0 Å². The molecule has 76 valence electrons. The first-order valence-corrected chi connectivity index (χ1v) is 4.73. The van der Waals surface area contributed by atoms with Crippen molar-refractivity contribution in [1.82, 2.24) is 0 Å². The molecule has 3 atom stereocenters. The fraction of sp³-hybridized carbons (Fsp3) is 0.900. The summed E-state index contributed by atoms with van der Waals surface area (Å²) < 4.78 is 0. The van der Waals surface area contributed by atoms with E-state index in [9.17, 15) is 9.90 Å². The Kier molecular flexibility index (Phi) is 2.66. The third kappa shape index (κ3) is 2.21. The van der Waals surface area contributed by atoms with Gasteiger partial charge in [-0.3, -0.25) is 4.79 Å². The third-order valence-corrected chi connectivity index (χ3v) is 3.07. The number of aliphatic hydroxyl groups excluding tert-OH is 1. The molecular formula is C10H18O3. The van der Waals surface area contributed by atoms with Crippen LogP contribution in [-0.2, 0) is 4.79 Å². The highest BCUT2D eigenvalue weighted by atomic mass is 16.4. The molecule has 2 N–H and O–H groups in total. The molecule has 0 amide bonds. The summed E-state index contributed by atoms with van der Waals surface area (Å²) in [6.07, 6.45) is 0.585. The molecule has 0 heterocycles. The average molecular weight is 186 g/mol. The van der Waals surface area contributed by atoms with Crippen molar-refractivity contribution in [2.24, 2.45) is 17.3 Å². The number of hydrogen-bond donors (Lipinski definition) is 2. The van der Waals surface area contributed by atoms with Gasteiger partial charge in [0.25, 0.3) is 0 Å². The standard InChI is InChI=1S/C10H18O3/c1-10(2,3)6-4-7(9(12)13)8(11)5-6/h6-8,11H,4-5H2,1-3H3,(H,12,13)/t6-,7-,8+/m1/s1. The Morgan fingerprint density at radius 3 is 2.08 bits per heavy atom. The third-order valence-electron chi connectivity index (χ3n) is 3.07. The molecule has 0 aromatic rings. The second-order valence-corrected chi connectivity index (χ2v) is 5.05. The van der Waals surface area contributed by atoms with E-state index in [0.717, 1.165) is 0 Å². The van der Waals surface area contributed by atoms with Crippen LogP contribution < -0.4 is 0 Å². The van der Waals surface area contributed by atoms with Gasteiger partial charge in [-0.15, -0.1) is 0 Å². The van der Waals surface area contributed by atoms with E-state index < -0.39 is 18.0 Å². The number of hydrogen-bond acceptors (Lipinski definition) is 2. The number of aliphatic carboxylic acids is 1. The van der Waals surface area contributed by atoms with Crippen molar-refractivity contribution >= 4 is 5.97 Å². The van der Waals surface area contributed by atoms with Gasteiger partial charge in [-0.25, -0.2) is 0 Å². The number of carboxylic acids is 1. The highest BCUT2D eigenvalue weighted by molar-refractivity contribution is 5.71. The Balaban J connectivity index is 2.65. The van der Waals surface area contributed by atoms with E-state index in [-0.39, 0.29) is 5.41 Å². The maximum Gasteiger partial charge on any atom is 0.309 e. The smallest absolute Gasteiger partial charge is 0.309 e. The highest BCUT2D eigenvalue weighted by Gasteiger charge is 2.42. The van der Waals surface area contributed by atoms with Crippen LogP contribution in [0.2, 0.25) is 0 Å². The topological polar surface area (TPSA) is 57.5 Å². The van der Waals surface area contributed by atoms with Crippen LogP contribution in [0.5, 0.6) is 0 Å². The van der Waals surface area contributed by atoms with Crippen molar-refractivity contribution in [2.75, 3.05) is 0 Å². The lowest BCUT2D eigenvalue weighted by molar-refractivity contribution is -0.144. The Hall–Kier alpha value is -0.570. The maximum atomic E-state index is 10.7. The molecule has 13 heavy (non-hydrogen) atoms. The van der Waals surface area contributed by atoms with E-state index >= 15 is 0 Å². The van der Waals surface area contributed by atoms with Crippen molar-refractivity contribution in [1.29, 1.82) is 0 Å². The van der Waals surface area contributed by atoms with Gasteiger partial charge in [0, 0.05) is 0 Å². The van der Waals surface area contributed by atoms with Crippen LogP contribution in [0.25, 0.3) is 0 Å². The van der Waals surface area contributed by atoms with E-state index in [1.807, 2.05) is 0 Å². The molecule has 0 aliphatic heterocycles. The summed E-state index contributed by atoms with van der Waals surface area (Å²) in [6, 6.07) is 0. The van der Waals surface area contributed by atoms with E-state index in [1.165, 1.54) is 0 Å². The van der Waals surface area contributed by atoms with Crippen molar-refractivity contribution in [2.45, 2.75) is 39.7 Å². The van der Waals surface area contributed by atoms with Gasteiger partial charge in [0.05, 0.1) is 12.0 Å². The molecule has 1 aliphatic carbocycles. The quantitative estimate of drug-likeness (QED) is 0.652. The van der Waals surface area contributed by atoms with Crippen LogP contribution in [-0.4, -0.2) is 22.3 Å². The van der Waals surface area contributed by atoms with Crippen molar-refractivity contribution in [3.8, 4) is 0 Å². The second-order valence-electron chi connectivity index (χ2n) is 5.05. The fourth-order valence-corrected chi connectivity index (χ4v) is 1.99. The van der Waals surface area contributed by atoms with Gasteiger partial charge in [0.15, 0.2) is 0 Å². The lowest BCUT2D eigenvalue weighted by atomic mass is 9.79. The average Bonchev–Trinajstić information content (AvgIpc) is 2.29. The predicted octanol–water partition coefficient (Wildman–Crippen LogP) is 1.50. The zero-order valence-corrected chi connectivity index (χ0v) is 8.45. The predicted molar refractivity (Wildman–Crippen MR) is 49.3 cm³/mol. The summed E-state index contributed by atoms with van der Waals surface area (Å²) in [7, 11) is 0. The summed E-state index contributed by atoms with van der Waals surface area (Å²) in [4.78, 5) is 10.7. The van der Waals surface area contributed by atoms with Gasteiger partial charge in [0.1, 0.15) is 0 Å². The number of aliphatic hydroxyl groups is 1. The summed E-state index contributed by atoms with van der Waals surface area (Å²) in [5.41, 5.74) is 0.102. The first kappa shape index (κ1) is 10.5. The lowest BCUT2D eigenvalue weighted by Gasteiger charge is -2.26. The van der Waals surface area contributed by atoms with E-state index in [0.29, 0.717) is 18.8 Å². The molecule has 0 unspecified atom stereocenters. The Bertz CT molecular complexity index is 205. The number of rotatable bonds is 1. The van der Waals surface area contributed by atoms with Crippen LogP contribution in [0.1, 0.15) is 33.6 Å². The fourth-order valence-electron chi connectivity index (χ4n) is 1.99. The van der Waals surface area contributed by atoms with Crippen LogP contribution in [0.4, 0.5) is 0 Å². The maximum absolute atomic E-state index is 10.7. The molecule has 1 rings (SSSR count). The minimum absolute atomic E-state index is 0.102. The van der Waals surface area contributed by atoms with Gasteiger partial charge in [-0.05, 0) is 24.2 Å². The lowest BCUT2D eigenvalue weighted by Crippen LogP contribution is -2.21. The molecule has 1 saturated carbocycles. The zero-order valence-electron chi connectivity index (χ0n) is 8.45. The normalized spacial score (nSPS) is 34.9. The molecule has 0 aromatic heterocycles. The first-order valence-electron chi connectivity index (χ1n) is 4.73. The minimum Gasteiger partial charge on any atom is -0.481 e. The van der Waals surface area contributed by atoms with Gasteiger partial charge < -0.3 is 10.2 Å². The first-order chi connectivity index (χ1) is 5.82. The van der Waals surface area contributed by atoms with Crippen molar-refractivity contribution < 1.29 is 15.0 Å². The molecule has 3 nitrogen and oxygen atoms in total. The molecular weight excluding hydrogens is 168 g/mol. The van der Waals surface area contributed by atoms with Gasteiger partial charge in [-0.2, -0.15) is 0 Å². The highest BCUT2D eigenvalue weighted by Crippen LogP contribution is 2.42. The van der Waals surface area contributed by atoms with Crippen molar-refractivity contribution in [3.63, 3.8) is 0 Å². The van der Waals surface area contributed by atoms with Gasteiger partial charge >= 0.3 is 5.97 Å². The SMILES string of the molecule is CC(C)(C)[C@H]1C[C@H](O)[C@H](C(=O)O)C1. The zero-order chi connectivity index (χ0) is 10.2. The van der Waals surface area contributed by atoms with Gasteiger partial charge in [-0.1, -0.05) is 20.8 Å². The molecule has 1 aliphatic rings. The molecule has 3 heteroatoms. The van der Waals surface area contributed by atoms with Gasteiger partial charge in [0.2, 0.25) is 0 Å². The summed E-state index contributed by atoms with van der Waals surface area (Å²) in [6.45, 7) is 6.28.